The number of thioether (sulfide) groups is 1. The fourth-order valence-corrected chi connectivity index (χ4v) is 6.39. The maximum Gasteiger partial charge on any atom is 0.293 e. The van der Waals surface area contributed by atoms with Gasteiger partial charge in [0.15, 0.2) is 0 Å². The Morgan fingerprint density at radius 1 is 1.18 bits per heavy atom. The standard InChI is InChI=1S/C27H31BrN2O2S/c1-16(2)30-23-11-17(3)20(12-22(23)18(4)14-27(30,5)6)13-24-25(31)29(26(32)33-24)15-19-7-9-21(28)10-8-19/h7-13,16,18H,14-15H2,1-6H3/b24-13-/t18-/m0/s1. The number of rotatable bonds is 4. The first kappa shape index (κ1) is 24.1. The Balaban J connectivity index is 1.66. The zero-order valence-electron chi connectivity index (χ0n) is 20.1. The van der Waals surface area contributed by atoms with E-state index in [-0.39, 0.29) is 23.2 Å². The lowest BCUT2D eigenvalue weighted by Gasteiger charge is -2.50. The van der Waals surface area contributed by atoms with Crippen molar-refractivity contribution in [3.8, 4) is 0 Å². The summed E-state index contributed by atoms with van der Waals surface area (Å²) in [6.45, 7) is 13.8. The van der Waals surface area contributed by atoms with E-state index in [4.69, 9.17) is 0 Å². The first-order valence-corrected chi connectivity index (χ1v) is 13.0. The molecule has 2 aliphatic rings. The van der Waals surface area contributed by atoms with E-state index >= 15 is 0 Å². The van der Waals surface area contributed by atoms with Crippen LogP contribution in [-0.4, -0.2) is 27.6 Å². The lowest BCUT2D eigenvalue weighted by atomic mass is 9.78. The number of imide groups is 1. The summed E-state index contributed by atoms with van der Waals surface area (Å²) < 4.78 is 0.969. The first-order chi connectivity index (χ1) is 15.5. The monoisotopic (exact) mass is 526 g/mol. The fraction of sp³-hybridized carbons (Fsp3) is 0.407. The highest BCUT2D eigenvalue weighted by Crippen LogP contribution is 2.46. The van der Waals surface area contributed by atoms with Crippen molar-refractivity contribution < 1.29 is 9.59 Å². The average Bonchev–Trinajstić information content (AvgIpc) is 2.97. The SMILES string of the molecule is Cc1cc2c(cc1/C=C1\SC(=O)N(Cc3ccc(Br)cc3)C1=O)[C@@H](C)CC(C)(C)N2C(C)C. The van der Waals surface area contributed by atoms with E-state index in [0.717, 1.165) is 39.3 Å². The van der Waals surface area contributed by atoms with Gasteiger partial charge in [-0.25, -0.2) is 0 Å². The number of benzene rings is 2. The Labute approximate surface area is 209 Å². The molecule has 2 amide bonds. The first-order valence-electron chi connectivity index (χ1n) is 11.4. The van der Waals surface area contributed by atoms with Crippen molar-refractivity contribution in [2.45, 2.75) is 72.0 Å². The van der Waals surface area contributed by atoms with Gasteiger partial charge < -0.3 is 4.90 Å². The summed E-state index contributed by atoms with van der Waals surface area (Å²) in [7, 11) is 0. The number of hydrogen-bond donors (Lipinski definition) is 0. The number of carbonyl (C=O) groups excluding carboxylic acids is 2. The van der Waals surface area contributed by atoms with Crippen molar-refractivity contribution >= 4 is 50.6 Å². The van der Waals surface area contributed by atoms with E-state index in [1.54, 1.807) is 0 Å². The van der Waals surface area contributed by atoms with Crippen LogP contribution in [0.1, 0.15) is 69.2 Å². The summed E-state index contributed by atoms with van der Waals surface area (Å²) in [5, 5.41) is -0.217. The molecular weight excluding hydrogens is 496 g/mol. The number of halogens is 1. The second kappa shape index (κ2) is 8.95. The van der Waals surface area contributed by atoms with Crippen LogP contribution in [0.5, 0.6) is 0 Å². The van der Waals surface area contributed by atoms with Crippen LogP contribution in [0.15, 0.2) is 45.8 Å². The topological polar surface area (TPSA) is 40.6 Å². The molecule has 0 aliphatic carbocycles. The van der Waals surface area contributed by atoms with Crippen molar-refractivity contribution in [2.75, 3.05) is 4.90 Å². The van der Waals surface area contributed by atoms with Crippen molar-refractivity contribution in [3.63, 3.8) is 0 Å². The molecule has 6 heteroatoms. The van der Waals surface area contributed by atoms with Crippen molar-refractivity contribution in [1.29, 1.82) is 0 Å². The van der Waals surface area contributed by atoms with Crippen LogP contribution in [0, 0.1) is 6.92 Å². The van der Waals surface area contributed by atoms with Crippen LogP contribution in [0.4, 0.5) is 10.5 Å². The molecule has 4 rings (SSSR count). The third kappa shape index (κ3) is 4.65. The molecule has 0 radical (unpaired) electrons. The molecule has 1 atom stereocenters. The number of aryl methyl sites for hydroxylation is 1. The molecule has 0 bridgehead atoms. The molecule has 1 fully saturated rings. The normalized spacial score (nSPS) is 21.3. The van der Waals surface area contributed by atoms with Crippen LogP contribution in [0.2, 0.25) is 0 Å². The molecule has 0 aromatic heterocycles. The molecular formula is C27H31BrN2O2S. The number of amides is 2. The summed E-state index contributed by atoms with van der Waals surface area (Å²) in [5.74, 6) is 0.202. The predicted octanol–water partition coefficient (Wildman–Crippen LogP) is 7.49. The minimum Gasteiger partial charge on any atom is -0.364 e. The van der Waals surface area contributed by atoms with E-state index in [1.165, 1.54) is 16.2 Å². The van der Waals surface area contributed by atoms with Gasteiger partial charge in [-0.05, 0) is 111 Å². The second-order valence-corrected chi connectivity index (χ2v) is 12.0. The van der Waals surface area contributed by atoms with Gasteiger partial charge in [0, 0.05) is 21.7 Å². The Morgan fingerprint density at radius 3 is 2.48 bits per heavy atom. The minimum absolute atomic E-state index is 0.0875. The van der Waals surface area contributed by atoms with Gasteiger partial charge in [0.1, 0.15) is 0 Å². The highest BCUT2D eigenvalue weighted by Gasteiger charge is 2.38. The molecule has 0 N–H and O–H groups in total. The van der Waals surface area contributed by atoms with Crippen LogP contribution in [-0.2, 0) is 11.3 Å². The molecule has 2 aromatic rings. The van der Waals surface area contributed by atoms with Crippen LogP contribution in [0.3, 0.4) is 0 Å². The zero-order valence-corrected chi connectivity index (χ0v) is 22.5. The molecule has 0 saturated carbocycles. The predicted molar refractivity (Wildman–Crippen MR) is 142 cm³/mol. The van der Waals surface area contributed by atoms with E-state index in [1.807, 2.05) is 30.3 Å². The van der Waals surface area contributed by atoms with Gasteiger partial charge in [-0.2, -0.15) is 0 Å². The van der Waals surface area contributed by atoms with E-state index in [0.29, 0.717) is 16.9 Å². The van der Waals surface area contributed by atoms with E-state index in [2.05, 4.69) is 74.5 Å². The number of nitrogens with zero attached hydrogens (tertiary/aromatic N) is 2. The van der Waals surface area contributed by atoms with Gasteiger partial charge >= 0.3 is 0 Å². The Kier molecular flexibility index (Phi) is 6.53. The second-order valence-electron chi connectivity index (χ2n) is 10.0. The highest BCUT2D eigenvalue weighted by molar-refractivity contribution is 9.10. The summed E-state index contributed by atoms with van der Waals surface area (Å²) in [6, 6.07) is 12.6. The lowest BCUT2D eigenvalue weighted by molar-refractivity contribution is -0.123. The summed E-state index contributed by atoms with van der Waals surface area (Å²) >= 11 is 4.45. The van der Waals surface area contributed by atoms with Gasteiger partial charge in [-0.15, -0.1) is 0 Å². The van der Waals surface area contributed by atoms with Crippen LogP contribution < -0.4 is 4.90 Å². The minimum atomic E-state index is -0.219. The maximum atomic E-state index is 13.1. The fourth-order valence-electron chi connectivity index (χ4n) is 5.30. The highest BCUT2D eigenvalue weighted by atomic mass is 79.9. The third-order valence-electron chi connectivity index (χ3n) is 6.59. The van der Waals surface area contributed by atoms with Crippen LogP contribution >= 0.6 is 27.7 Å². The molecule has 33 heavy (non-hydrogen) atoms. The van der Waals surface area contributed by atoms with Gasteiger partial charge in [-0.3, -0.25) is 14.5 Å². The molecule has 174 valence electrons. The number of fused-ring (bicyclic) bond motifs is 1. The largest absolute Gasteiger partial charge is 0.364 e. The number of carbonyl (C=O) groups is 2. The summed E-state index contributed by atoms with van der Waals surface area (Å²) in [6.07, 6.45) is 2.97. The molecule has 0 unspecified atom stereocenters. The summed E-state index contributed by atoms with van der Waals surface area (Å²) in [4.78, 5) is 30.0. The molecule has 4 nitrogen and oxygen atoms in total. The van der Waals surface area contributed by atoms with Gasteiger partial charge in [0.2, 0.25) is 0 Å². The molecule has 2 aliphatic heterocycles. The maximum absolute atomic E-state index is 13.1. The average molecular weight is 528 g/mol. The van der Waals surface area contributed by atoms with E-state index < -0.39 is 0 Å². The van der Waals surface area contributed by atoms with Crippen molar-refractivity contribution in [2.24, 2.45) is 0 Å². The van der Waals surface area contributed by atoms with Gasteiger partial charge in [0.05, 0.1) is 11.4 Å². The zero-order chi connectivity index (χ0) is 24.1. The van der Waals surface area contributed by atoms with Gasteiger partial charge in [-0.1, -0.05) is 35.0 Å². The Hall–Kier alpha value is -2.05. The third-order valence-corrected chi connectivity index (χ3v) is 8.03. The molecule has 1 saturated heterocycles. The summed E-state index contributed by atoms with van der Waals surface area (Å²) in [5.41, 5.74) is 5.74. The molecule has 0 spiro atoms. The van der Waals surface area contributed by atoms with Crippen LogP contribution in [0.25, 0.3) is 6.08 Å². The molecule has 2 aromatic carbocycles. The number of anilines is 1. The van der Waals surface area contributed by atoms with Gasteiger partial charge in [0.25, 0.3) is 11.1 Å². The van der Waals surface area contributed by atoms with Crippen molar-refractivity contribution in [3.05, 3.63) is 68.0 Å². The van der Waals surface area contributed by atoms with Crippen molar-refractivity contribution in [1.82, 2.24) is 4.90 Å². The number of hydrogen-bond acceptors (Lipinski definition) is 4. The Bertz CT molecular complexity index is 1140. The quantitative estimate of drug-likeness (QED) is 0.386. The smallest absolute Gasteiger partial charge is 0.293 e. The Morgan fingerprint density at radius 2 is 1.85 bits per heavy atom. The lowest BCUT2D eigenvalue weighted by Crippen LogP contribution is -2.51. The van der Waals surface area contributed by atoms with E-state index in [9.17, 15) is 9.59 Å². The molecule has 2 heterocycles.